The molecule has 2 aromatic rings. The van der Waals surface area contributed by atoms with Gasteiger partial charge in [0.05, 0.1) is 11.5 Å². The molecule has 0 aliphatic heterocycles. The standard InChI is InChI=1S/C17H20ClNO2/c1-11-5-10-15(21-11)12(2)19-16(20)17(3,4)13-6-8-14(18)9-7-13/h5-10,12H,1-4H3,(H,19,20). The van der Waals surface area contributed by atoms with Crippen LogP contribution in [0, 0.1) is 6.92 Å². The first-order chi connectivity index (χ1) is 9.80. The van der Waals surface area contributed by atoms with Gasteiger partial charge in [-0.3, -0.25) is 4.79 Å². The summed E-state index contributed by atoms with van der Waals surface area (Å²) in [5.74, 6) is 1.54. The quantitative estimate of drug-likeness (QED) is 0.910. The van der Waals surface area contributed by atoms with Crippen LogP contribution in [0.1, 0.15) is 43.9 Å². The number of carbonyl (C=O) groups excluding carboxylic acids is 1. The SMILES string of the molecule is Cc1ccc(C(C)NC(=O)C(C)(C)c2ccc(Cl)cc2)o1. The van der Waals surface area contributed by atoms with Gasteiger partial charge in [-0.15, -0.1) is 0 Å². The number of furan rings is 1. The van der Waals surface area contributed by atoms with E-state index in [1.807, 2.05) is 52.0 Å². The number of hydrogen-bond donors (Lipinski definition) is 1. The molecule has 0 aliphatic carbocycles. The van der Waals surface area contributed by atoms with Gasteiger partial charge in [-0.2, -0.15) is 0 Å². The van der Waals surface area contributed by atoms with Crippen molar-refractivity contribution in [1.82, 2.24) is 5.32 Å². The van der Waals surface area contributed by atoms with Crippen molar-refractivity contribution in [2.45, 2.75) is 39.2 Å². The Morgan fingerprint density at radius 2 is 1.81 bits per heavy atom. The third-order valence-electron chi connectivity index (χ3n) is 3.67. The summed E-state index contributed by atoms with van der Waals surface area (Å²) in [5, 5.41) is 3.66. The lowest BCUT2D eigenvalue weighted by Crippen LogP contribution is -2.41. The molecule has 0 spiro atoms. The van der Waals surface area contributed by atoms with E-state index < -0.39 is 5.41 Å². The fourth-order valence-corrected chi connectivity index (χ4v) is 2.26. The van der Waals surface area contributed by atoms with E-state index >= 15 is 0 Å². The molecule has 0 aliphatic rings. The van der Waals surface area contributed by atoms with E-state index in [0.29, 0.717) is 5.02 Å². The van der Waals surface area contributed by atoms with E-state index in [9.17, 15) is 4.79 Å². The lowest BCUT2D eigenvalue weighted by Gasteiger charge is -2.26. The molecule has 1 aromatic heterocycles. The zero-order chi connectivity index (χ0) is 15.6. The molecule has 2 rings (SSSR count). The molecule has 1 N–H and O–H groups in total. The van der Waals surface area contributed by atoms with Crippen LogP contribution in [0.3, 0.4) is 0 Å². The summed E-state index contributed by atoms with van der Waals surface area (Å²) in [4.78, 5) is 12.6. The van der Waals surface area contributed by atoms with Gasteiger partial charge in [-0.1, -0.05) is 23.7 Å². The van der Waals surface area contributed by atoms with Crippen molar-refractivity contribution in [2.24, 2.45) is 0 Å². The van der Waals surface area contributed by atoms with Crippen LogP contribution in [0.2, 0.25) is 5.02 Å². The van der Waals surface area contributed by atoms with E-state index in [1.165, 1.54) is 0 Å². The number of amides is 1. The molecule has 0 fully saturated rings. The smallest absolute Gasteiger partial charge is 0.230 e. The zero-order valence-corrected chi connectivity index (χ0v) is 13.5. The van der Waals surface area contributed by atoms with Gasteiger partial charge < -0.3 is 9.73 Å². The van der Waals surface area contributed by atoms with Crippen LogP contribution in [0.5, 0.6) is 0 Å². The van der Waals surface area contributed by atoms with Crippen molar-refractivity contribution in [3.8, 4) is 0 Å². The Balaban J connectivity index is 2.13. The highest BCUT2D eigenvalue weighted by Gasteiger charge is 2.31. The van der Waals surface area contributed by atoms with Gasteiger partial charge in [-0.25, -0.2) is 0 Å². The Kier molecular flexibility index (Phi) is 4.43. The van der Waals surface area contributed by atoms with Crippen LogP contribution in [-0.4, -0.2) is 5.91 Å². The third kappa shape index (κ3) is 3.48. The average molecular weight is 306 g/mol. The Labute approximate surface area is 130 Å². The molecule has 0 bridgehead atoms. The summed E-state index contributed by atoms with van der Waals surface area (Å²) in [5.41, 5.74) is 0.285. The highest BCUT2D eigenvalue weighted by Crippen LogP contribution is 2.26. The van der Waals surface area contributed by atoms with E-state index in [0.717, 1.165) is 17.1 Å². The monoisotopic (exact) mass is 305 g/mol. The van der Waals surface area contributed by atoms with Gasteiger partial charge in [0.15, 0.2) is 0 Å². The largest absolute Gasteiger partial charge is 0.464 e. The maximum atomic E-state index is 12.6. The van der Waals surface area contributed by atoms with E-state index in [2.05, 4.69) is 5.32 Å². The first-order valence-electron chi connectivity index (χ1n) is 6.94. The second-order valence-corrected chi connectivity index (χ2v) is 6.21. The molecule has 1 atom stereocenters. The number of hydrogen-bond acceptors (Lipinski definition) is 2. The van der Waals surface area contributed by atoms with Gasteiger partial charge in [0, 0.05) is 5.02 Å². The lowest BCUT2D eigenvalue weighted by atomic mass is 9.83. The topological polar surface area (TPSA) is 42.2 Å². The van der Waals surface area contributed by atoms with Gasteiger partial charge in [0.2, 0.25) is 5.91 Å². The Hall–Kier alpha value is -1.74. The number of benzene rings is 1. The van der Waals surface area contributed by atoms with Gasteiger partial charge in [0.1, 0.15) is 11.5 Å². The predicted octanol–water partition coefficient (Wildman–Crippen LogP) is 4.40. The van der Waals surface area contributed by atoms with E-state index in [-0.39, 0.29) is 11.9 Å². The Bertz CT molecular complexity index is 628. The van der Waals surface area contributed by atoms with Crippen molar-refractivity contribution >= 4 is 17.5 Å². The Morgan fingerprint density at radius 1 is 1.19 bits per heavy atom. The maximum Gasteiger partial charge on any atom is 0.230 e. The number of rotatable bonds is 4. The summed E-state index contributed by atoms with van der Waals surface area (Å²) in [7, 11) is 0. The first kappa shape index (κ1) is 15.6. The summed E-state index contributed by atoms with van der Waals surface area (Å²) >= 11 is 5.90. The zero-order valence-electron chi connectivity index (χ0n) is 12.7. The second kappa shape index (κ2) is 5.94. The van der Waals surface area contributed by atoms with Crippen LogP contribution in [0.25, 0.3) is 0 Å². The minimum absolute atomic E-state index is 0.0497. The lowest BCUT2D eigenvalue weighted by molar-refractivity contribution is -0.126. The fraction of sp³-hybridized carbons (Fsp3) is 0.353. The van der Waals surface area contributed by atoms with E-state index in [4.69, 9.17) is 16.0 Å². The van der Waals surface area contributed by atoms with Crippen molar-refractivity contribution < 1.29 is 9.21 Å². The minimum Gasteiger partial charge on any atom is -0.464 e. The molecule has 0 radical (unpaired) electrons. The minimum atomic E-state index is -0.638. The molecule has 0 saturated heterocycles. The van der Waals surface area contributed by atoms with Crippen molar-refractivity contribution in [1.29, 1.82) is 0 Å². The molecule has 3 nitrogen and oxygen atoms in total. The molecule has 0 saturated carbocycles. The number of nitrogens with one attached hydrogen (secondary N) is 1. The number of carbonyl (C=O) groups is 1. The predicted molar refractivity (Wildman–Crippen MR) is 84.5 cm³/mol. The highest BCUT2D eigenvalue weighted by molar-refractivity contribution is 6.30. The molecule has 1 unspecified atom stereocenters. The first-order valence-corrected chi connectivity index (χ1v) is 7.32. The maximum absolute atomic E-state index is 12.6. The van der Waals surface area contributed by atoms with Crippen LogP contribution in [0.15, 0.2) is 40.8 Å². The molecular weight excluding hydrogens is 286 g/mol. The summed E-state index contributed by atoms with van der Waals surface area (Å²) < 4.78 is 5.55. The molecule has 21 heavy (non-hydrogen) atoms. The van der Waals surface area contributed by atoms with Crippen molar-refractivity contribution in [2.75, 3.05) is 0 Å². The summed E-state index contributed by atoms with van der Waals surface area (Å²) in [6, 6.07) is 11.0. The summed E-state index contributed by atoms with van der Waals surface area (Å²) in [6.07, 6.45) is 0. The summed E-state index contributed by atoms with van der Waals surface area (Å²) in [6.45, 7) is 7.58. The van der Waals surface area contributed by atoms with Crippen molar-refractivity contribution in [3.63, 3.8) is 0 Å². The molecule has 1 amide bonds. The van der Waals surface area contributed by atoms with Crippen LogP contribution in [0.4, 0.5) is 0 Å². The van der Waals surface area contributed by atoms with Crippen LogP contribution < -0.4 is 5.32 Å². The second-order valence-electron chi connectivity index (χ2n) is 5.78. The van der Waals surface area contributed by atoms with Gasteiger partial charge >= 0.3 is 0 Å². The molecule has 4 heteroatoms. The average Bonchev–Trinajstić information content (AvgIpc) is 2.86. The highest BCUT2D eigenvalue weighted by atomic mass is 35.5. The molecule has 112 valence electrons. The van der Waals surface area contributed by atoms with Gasteiger partial charge in [0.25, 0.3) is 0 Å². The molecular formula is C17H20ClNO2. The molecule has 1 heterocycles. The number of halogens is 1. The number of aryl methyl sites for hydroxylation is 1. The molecule has 1 aromatic carbocycles. The van der Waals surface area contributed by atoms with Gasteiger partial charge in [-0.05, 0) is 57.5 Å². The Morgan fingerprint density at radius 3 is 2.33 bits per heavy atom. The third-order valence-corrected chi connectivity index (χ3v) is 3.92. The van der Waals surface area contributed by atoms with Crippen molar-refractivity contribution in [3.05, 3.63) is 58.5 Å². The fourth-order valence-electron chi connectivity index (χ4n) is 2.13. The van der Waals surface area contributed by atoms with E-state index in [1.54, 1.807) is 12.1 Å². The van der Waals surface area contributed by atoms with Crippen LogP contribution >= 0.6 is 11.6 Å². The normalized spacial score (nSPS) is 13.0. The van der Waals surface area contributed by atoms with Crippen LogP contribution in [-0.2, 0) is 10.2 Å².